The van der Waals surface area contributed by atoms with Gasteiger partial charge in [-0.05, 0) is 47.5 Å². The van der Waals surface area contributed by atoms with E-state index in [2.05, 4.69) is 127 Å². The molecule has 1 aliphatic heterocycles. The van der Waals surface area contributed by atoms with Crippen LogP contribution in [0.2, 0.25) is 0 Å². The number of hydrogen-bond donors (Lipinski definition) is 1. The molecular formula is C45H27N3O2S. The minimum Gasteiger partial charge on any atom is -0.456 e. The van der Waals surface area contributed by atoms with E-state index in [0.717, 1.165) is 77.5 Å². The number of fused-ring (bicyclic) bond motifs is 9. The van der Waals surface area contributed by atoms with Gasteiger partial charge >= 0.3 is 0 Å². The maximum absolute atomic E-state index is 6.59. The average molecular weight is 674 g/mol. The molecule has 1 atom stereocenters. The number of thiophene rings is 1. The number of nitrogens with one attached hydrogen (secondary N) is 1. The predicted molar refractivity (Wildman–Crippen MR) is 211 cm³/mol. The fourth-order valence-corrected chi connectivity index (χ4v) is 8.81. The second-order valence-electron chi connectivity index (χ2n) is 12.9. The third-order valence-electron chi connectivity index (χ3n) is 9.97. The van der Waals surface area contributed by atoms with Crippen LogP contribution in [0.25, 0.3) is 75.2 Å². The quantitative estimate of drug-likeness (QED) is 0.202. The van der Waals surface area contributed by atoms with E-state index in [1.165, 1.54) is 20.2 Å². The van der Waals surface area contributed by atoms with E-state index in [9.17, 15) is 0 Å². The Morgan fingerprint density at radius 2 is 1.25 bits per heavy atom. The van der Waals surface area contributed by atoms with Crippen LogP contribution in [0.4, 0.5) is 0 Å². The highest BCUT2D eigenvalue weighted by molar-refractivity contribution is 7.26. The summed E-state index contributed by atoms with van der Waals surface area (Å²) in [6, 6.07) is 52.5. The highest BCUT2D eigenvalue weighted by Gasteiger charge is 2.25. The van der Waals surface area contributed by atoms with Crippen molar-refractivity contribution in [3.8, 4) is 11.1 Å². The molecule has 3 aromatic heterocycles. The van der Waals surface area contributed by atoms with Gasteiger partial charge in [0.05, 0.1) is 0 Å². The summed E-state index contributed by atoms with van der Waals surface area (Å²) in [5.74, 6) is 1.47. The molecule has 0 saturated heterocycles. The summed E-state index contributed by atoms with van der Waals surface area (Å²) < 4.78 is 15.4. The number of furan rings is 2. The second-order valence-corrected chi connectivity index (χ2v) is 14.0. The summed E-state index contributed by atoms with van der Waals surface area (Å²) in [4.78, 5) is 10.5. The molecule has 0 saturated carbocycles. The lowest BCUT2D eigenvalue weighted by atomic mass is 9.99. The van der Waals surface area contributed by atoms with Gasteiger partial charge in [-0.3, -0.25) is 0 Å². The lowest BCUT2D eigenvalue weighted by Crippen LogP contribution is -2.33. The number of para-hydroxylation sites is 2. The minimum absolute atomic E-state index is 0.317. The van der Waals surface area contributed by atoms with Gasteiger partial charge in [0.2, 0.25) is 0 Å². The average Bonchev–Trinajstić information content (AvgIpc) is 3.89. The van der Waals surface area contributed by atoms with Gasteiger partial charge in [-0.2, -0.15) is 0 Å². The molecule has 0 bridgehead atoms. The van der Waals surface area contributed by atoms with Crippen LogP contribution < -0.4 is 5.32 Å². The topological polar surface area (TPSA) is 63.0 Å². The van der Waals surface area contributed by atoms with Crippen LogP contribution >= 0.6 is 11.3 Å². The Morgan fingerprint density at radius 3 is 2.18 bits per heavy atom. The monoisotopic (exact) mass is 673 g/mol. The molecule has 1 aliphatic rings. The first-order valence-corrected chi connectivity index (χ1v) is 17.8. The Labute approximate surface area is 295 Å². The third-order valence-corrected chi connectivity index (χ3v) is 11.2. The van der Waals surface area contributed by atoms with E-state index in [-0.39, 0.29) is 6.17 Å². The molecule has 0 fully saturated rings. The van der Waals surface area contributed by atoms with Gasteiger partial charge in [0.15, 0.2) is 5.84 Å². The van der Waals surface area contributed by atoms with E-state index in [0.29, 0.717) is 5.84 Å². The number of aliphatic imine (C=N–C) groups is 2. The van der Waals surface area contributed by atoms with Gasteiger partial charge in [0, 0.05) is 58.4 Å². The van der Waals surface area contributed by atoms with Crippen molar-refractivity contribution < 1.29 is 8.83 Å². The summed E-state index contributed by atoms with van der Waals surface area (Å²) in [5.41, 5.74) is 8.51. The van der Waals surface area contributed by atoms with Crippen LogP contribution in [0.15, 0.2) is 170 Å². The van der Waals surface area contributed by atoms with Crippen LogP contribution in [0.3, 0.4) is 0 Å². The number of amidine groups is 2. The molecule has 6 heteroatoms. The Morgan fingerprint density at radius 1 is 0.529 bits per heavy atom. The standard InChI is InChI=1S/C45H27N3O2S/c1-2-11-26(12-3-1)43-46-44(48-45(47-43)35-19-9-17-32-30-14-5-7-22-39(30)51-42(32)35)34-18-10-21-37-40(34)33-24-23-27(25-38(33)49-37)28-15-8-16-31-29-13-4-6-20-36(29)50-41(28)31/h1-25,43H,(H,46,47,48). The zero-order chi connectivity index (χ0) is 33.5. The minimum atomic E-state index is -0.317. The molecule has 11 rings (SSSR count). The normalized spacial score (nSPS) is 14.9. The van der Waals surface area contributed by atoms with Crippen LogP contribution in [0, 0.1) is 0 Å². The Hall–Kier alpha value is -6.50. The van der Waals surface area contributed by atoms with Crippen molar-refractivity contribution in [3.63, 3.8) is 0 Å². The van der Waals surface area contributed by atoms with Gasteiger partial charge in [-0.25, -0.2) is 9.98 Å². The molecule has 0 aliphatic carbocycles. The van der Waals surface area contributed by atoms with Crippen LogP contribution in [-0.4, -0.2) is 11.7 Å². The molecule has 240 valence electrons. The van der Waals surface area contributed by atoms with Gasteiger partial charge in [0.25, 0.3) is 0 Å². The first-order chi connectivity index (χ1) is 25.3. The van der Waals surface area contributed by atoms with Gasteiger partial charge in [0.1, 0.15) is 34.3 Å². The van der Waals surface area contributed by atoms with Gasteiger partial charge in [-0.15, -0.1) is 11.3 Å². The predicted octanol–water partition coefficient (Wildman–Crippen LogP) is 12.0. The van der Waals surface area contributed by atoms with E-state index in [1.807, 2.05) is 30.3 Å². The maximum atomic E-state index is 6.59. The molecule has 0 radical (unpaired) electrons. The van der Waals surface area contributed by atoms with Gasteiger partial charge in [-0.1, -0.05) is 115 Å². The number of rotatable bonds is 4. The smallest absolute Gasteiger partial charge is 0.160 e. The van der Waals surface area contributed by atoms with Crippen molar-refractivity contribution in [2.45, 2.75) is 6.17 Å². The number of nitrogens with zero attached hydrogens (tertiary/aromatic N) is 2. The van der Waals surface area contributed by atoms with E-state index < -0.39 is 0 Å². The Bertz CT molecular complexity index is 3070. The van der Waals surface area contributed by atoms with E-state index >= 15 is 0 Å². The lowest BCUT2D eigenvalue weighted by molar-refractivity contribution is 0.667. The molecule has 10 aromatic rings. The summed E-state index contributed by atoms with van der Waals surface area (Å²) in [6.07, 6.45) is -0.317. The van der Waals surface area contributed by atoms with Crippen molar-refractivity contribution >= 4 is 87.1 Å². The number of hydrogen-bond acceptors (Lipinski definition) is 6. The first-order valence-electron chi connectivity index (χ1n) is 17.0. The largest absolute Gasteiger partial charge is 0.456 e. The molecule has 0 amide bonds. The Kier molecular flexibility index (Phi) is 6.12. The number of benzene rings is 7. The van der Waals surface area contributed by atoms with Crippen LogP contribution in [0.1, 0.15) is 22.9 Å². The van der Waals surface area contributed by atoms with Crippen LogP contribution in [0.5, 0.6) is 0 Å². The maximum Gasteiger partial charge on any atom is 0.160 e. The molecule has 51 heavy (non-hydrogen) atoms. The zero-order valence-corrected chi connectivity index (χ0v) is 27.9. The molecule has 7 aromatic carbocycles. The summed E-state index contributed by atoms with van der Waals surface area (Å²) >= 11 is 1.79. The van der Waals surface area contributed by atoms with Crippen LogP contribution in [-0.2, 0) is 0 Å². The Balaban J connectivity index is 1.08. The molecule has 1 N–H and O–H groups in total. The van der Waals surface area contributed by atoms with Crippen molar-refractivity contribution in [1.29, 1.82) is 0 Å². The fraction of sp³-hybridized carbons (Fsp3) is 0.0222. The fourth-order valence-electron chi connectivity index (χ4n) is 7.60. The highest BCUT2D eigenvalue weighted by atomic mass is 32.1. The second kappa shape index (κ2) is 11.0. The molecular weight excluding hydrogens is 647 g/mol. The van der Waals surface area contributed by atoms with Crippen molar-refractivity contribution in [1.82, 2.24) is 5.32 Å². The lowest BCUT2D eigenvalue weighted by Gasteiger charge is -2.24. The third kappa shape index (κ3) is 4.40. The highest BCUT2D eigenvalue weighted by Crippen LogP contribution is 2.40. The summed E-state index contributed by atoms with van der Waals surface area (Å²) in [7, 11) is 0. The first kappa shape index (κ1) is 28.3. The summed E-state index contributed by atoms with van der Waals surface area (Å²) in [6.45, 7) is 0. The van der Waals surface area contributed by atoms with Gasteiger partial charge < -0.3 is 14.2 Å². The van der Waals surface area contributed by atoms with Crippen molar-refractivity contribution in [3.05, 3.63) is 168 Å². The van der Waals surface area contributed by atoms with Crippen molar-refractivity contribution in [2.75, 3.05) is 0 Å². The van der Waals surface area contributed by atoms with Crippen molar-refractivity contribution in [2.24, 2.45) is 9.98 Å². The van der Waals surface area contributed by atoms with E-state index in [4.69, 9.17) is 18.8 Å². The summed E-state index contributed by atoms with van der Waals surface area (Å²) in [5, 5.41) is 10.4. The van der Waals surface area contributed by atoms with E-state index in [1.54, 1.807) is 11.3 Å². The molecule has 1 unspecified atom stereocenters. The molecule has 5 nitrogen and oxygen atoms in total. The molecule has 4 heterocycles. The molecule has 0 spiro atoms. The SMILES string of the molecule is c1ccc(C2N=C(c3cccc4c3sc3ccccc34)N=C(c3cccc4oc5cc(-c6cccc7c6oc6ccccc67)ccc5c34)N2)cc1. The zero-order valence-electron chi connectivity index (χ0n) is 27.1.